The SMILES string of the molecule is O=C(OCC(Cl)(Cl)Cl)c1ccccc1CSc1ccc(CO)cc1. The van der Waals surface area contributed by atoms with Gasteiger partial charge < -0.3 is 9.84 Å². The molecule has 0 atom stereocenters. The van der Waals surface area contributed by atoms with Crippen LogP contribution < -0.4 is 0 Å². The molecule has 2 aromatic carbocycles. The van der Waals surface area contributed by atoms with E-state index in [0.29, 0.717) is 11.3 Å². The quantitative estimate of drug-likeness (QED) is 0.417. The van der Waals surface area contributed by atoms with E-state index in [1.165, 1.54) is 0 Å². The van der Waals surface area contributed by atoms with Gasteiger partial charge >= 0.3 is 5.97 Å². The van der Waals surface area contributed by atoms with Crippen molar-refractivity contribution in [2.45, 2.75) is 21.0 Å². The molecule has 0 radical (unpaired) electrons. The molecule has 24 heavy (non-hydrogen) atoms. The third kappa shape index (κ3) is 6.19. The van der Waals surface area contributed by atoms with Crippen molar-refractivity contribution in [3.63, 3.8) is 0 Å². The first-order valence-electron chi connectivity index (χ1n) is 7.03. The number of benzene rings is 2. The Morgan fingerprint density at radius 1 is 1.08 bits per heavy atom. The number of carbonyl (C=O) groups is 1. The molecule has 1 N–H and O–H groups in total. The lowest BCUT2D eigenvalue weighted by Crippen LogP contribution is -2.18. The summed E-state index contributed by atoms with van der Waals surface area (Å²) in [5.74, 6) is 0.0745. The standard InChI is InChI=1S/C17H15Cl3O3S/c18-17(19,20)11-23-16(22)15-4-2-1-3-13(15)10-24-14-7-5-12(9-21)6-8-14/h1-8,21H,9-11H2. The van der Waals surface area contributed by atoms with Gasteiger partial charge in [0.1, 0.15) is 6.61 Å². The molecule has 0 aliphatic carbocycles. The summed E-state index contributed by atoms with van der Waals surface area (Å²) < 4.78 is 3.41. The maximum Gasteiger partial charge on any atom is 0.338 e. The molecule has 7 heteroatoms. The maximum atomic E-state index is 12.2. The van der Waals surface area contributed by atoms with E-state index in [1.807, 2.05) is 36.4 Å². The fourth-order valence-electron chi connectivity index (χ4n) is 1.92. The zero-order valence-corrected chi connectivity index (χ0v) is 15.6. The fraction of sp³-hybridized carbons (Fsp3) is 0.235. The molecule has 3 nitrogen and oxygen atoms in total. The van der Waals surface area contributed by atoms with Crippen LogP contribution in [-0.2, 0) is 17.1 Å². The summed E-state index contributed by atoms with van der Waals surface area (Å²) in [6.45, 7) is -0.288. The van der Waals surface area contributed by atoms with Crippen molar-refractivity contribution < 1.29 is 14.6 Å². The van der Waals surface area contributed by atoms with Crippen molar-refractivity contribution in [2.24, 2.45) is 0 Å². The molecule has 0 saturated heterocycles. The molecule has 2 rings (SSSR count). The minimum Gasteiger partial charge on any atom is -0.458 e. The van der Waals surface area contributed by atoms with Crippen molar-refractivity contribution in [2.75, 3.05) is 6.61 Å². The first-order chi connectivity index (χ1) is 11.4. The van der Waals surface area contributed by atoms with Crippen LogP contribution in [-0.4, -0.2) is 21.5 Å². The van der Waals surface area contributed by atoms with E-state index in [0.717, 1.165) is 16.0 Å². The second-order valence-electron chi connectivity index (χ2n) is 4.94. The van der Waals surface area contributed by atoms with E-state index in [9.17, 15) is 4.79 Å². The minimum absolute atomic E-state index is 0.0167. The minimum atomic E-state index is -1.63. The van der Waals surface area contributed by atoms with Crippen molar-refractivity contribution in [1.82, 2.24) is 0 Å². The molecule has 0 unspecified atom stereocenters. The van der Waals surface area contributed by atoms with Gasteiger partial charge in [0, 0.05) is 10.6 Å². The molecule has 0 heterocycles. The Bertz CT molecular complexity index is 684. The van der Waals surface area contributed by atoms with Gasteiger partial charge in [0.05, 0.1) is 12.2 Å². The number of thioether (sulfide) groups is 1. The van der Waals surface area contributed by atoms with E-state index in [1.54, 1.807) is 23.9 Å². The van der Waals surface area contributed by atoms with E-state index >= 15 is 0 Å². The normalized spacial score (nSPS) is 11.3. The van der Waals surface area contributed by atoms with E-state index < -0.39 is 9.76 Å². The Balaban J connectivity index is 2.03. The lowest BCUT2D eigenvalue weighted by molar-refractivity contribution is 0.0511. The van der Waals surface area contributed by atoms with Crippen LogP contribution in [0, 0.1) is 0 Å². The van der Waals surface area contributed by atoms with Gasteiger partial charge in [-0.2, -0.15) is 0 Å². The number of carbonyl (C=O) groups excluding carboxylic acids is 1. The largest absolute Gasteiger partial charge is 0.458 e. The molecule has 0 saturated carbocycles. The van der Waals surface area contributed by atoms with Gasteiger partial charge in [-0.25, -0.2) is 4.79 Å². The lowest BCUT2D eigenvalue weighted by atomic mass is 10.1. The summed E-state index contributed by atoms with van der Waals surface area (Å²) in [5.41, 5.74) is 2.14. The molecule has 0 spiro atoms. The maximum absolute atomic E-state index is 12.2. The summed E-state index contributed by atoms with van der Waals surface area (Å²) in [4.78, 5) is 13.2. The highest BCUT2D eigenvalue weighted by Crippen LogP contribution is 2.28. The first kappa shape index (κ1) is 19.4. The number of rotatable bonds is 6. The summed E-state index contributed by atoms with van der Waals surface area (Å²) in [6, 6.07) is 14.8. The van der Waals surface area contributed by atoms with Crippen LogP contribution in [0.1, 0.15) is 21.5 Å². The zero-order valence-electron chi connectivity index (χ0n) is 12.5. The Hall–Kier alpha value is -0.910. The van der Waals surface area contributed by atoms with Crippen LogP contribution in [0.15, 0.2) is 53.4 Å². The van der Waals surface area contributed by atoms with Crippen LogP contribution in [0.4, 0.5) is 0 Å². The summed E-state index contributed by atoms with van der Waals surface area (Å²) in [5, 5.41) is 9.06. The highest BCUT2D eigenvalue weighted by Gasteiger charge is 2.23. The van der Waals surface area contributed by atoms with Gasteiger partial charge in [0.25, 0.3) is 0 Å². The van der Waals surface area contributed by atoms with Crippen molar-refractivity contribution in [3.05, 3.63) is 65.2 Å². The smallest absolute Gasteiger partial charge is 0.338 e. The number of aliphatic hydroxyl groups is 1. The number of halogens is 3. The third-order valence-corrected chi connectivity index (χ3v) is 4.49. The second-order valence-corrected chi connectivity index (χ2v) is 8.50. The van der Waals surface area contributed by atoms with Crippen molar-refractivity contribution in [3.8, 4) is 0 Å². The van der Waals surface area contributed by atoms with Gasteiger partial charge in [0.2, 0.25) is 3.79 Å². The summed E-state index contributed by atoms with van der Waals surface area (Å²) in [6.07, 6.45) is 0. The topological polar surface area (TPSA) is 46.5 Å². The summed E-state index contributed by atoms with van der Waals surface area (Å²) >= 11 is 18.4. The number of hydrogen-bond acceptors (Lipinski definition) is 4. The Labute approximate surface area is 159 Å². The zero-order chi connectivity index (χ0) is 17.6. The van der Waals surface area contributed by atoms with Gasteiger partial charge in [-0.3, -0.25) is 0 Å². The molecular formula is C17H15Cl3O3S. The van der Waals surface area contributed by atoms with Crippen LogP contribution in [0.5, 0.6) is 0 Å². The van der Waals surface area contributed by atoms with Gasteiger partial charge in [-0.05, 0) is 29.3 Å². The Kier molecular flexibility index (Phi) is 7.26. The van der Waals surface area contributed by atoms with Crippen molar-refractivity contribution in [1.29, 1.82) is 0 Å². The van der Waals surface area contributed by atoms with Gasteiger partial charge in [0.15, 0.2) is 0 Å². The predicted molar refractivity (Wildman–Crippen MR) is 98.9 cm³/mol. The molecule has 0 aliphatic heterocycles. The predicted octanol–water partition coefficient (Wildman–Crippen LogP) is 5.00. The average molecular weight is 406 g/mol. The van der Waals surface area contributed by atoms with Crippen LogP contribution >= 0.6 is 46.6 Å². The monoisotopic (exact) mass is 404 g/mol. The third-order valence-electron chi connectivity index (χ3n) is 3.10. The lowest BCUT2D eigenvalue weighted by Gasteiger charge is -2.13. The molecule has 0 aliphatic rings. The Morgan fingerprint density at radius 3 is 2.38 bits per heavy atom. The van der Waals surface area contributed by atoms with Crippen LogP contribution in [0.25, 0.3) is 0 Å². The molecule has 2 aromatic rings. The molecule has 0 bridgehead atoms. The Morgan fingerprint density at radius 2 is 1.75 bits per heavy atom. The van der Waals surface area contributed by atoms with Gasteiger partial charge in [-0.1, -0.05) is 65.1 Å². The van der Waals surface area contributed by atoms with Crippen LogP contribution in [0.2, 0.25) is 0 Å². The number of hydrogen-bond donors (Lipinski definition) is 1. The molecule has 0 amide bonds. The van der Waals surface area contributed by atoms with E-state index in [4.69, 9.17) is 44.6 Å². The number of ether oxygens (including phenoxy) is 1. The first-order valence-corrected chi connectivity index (χ1v) is 9.15. The molecule has 0 aromatic heterocycles. The van der Waals surface area contributed by atoms with Crippen molar-refractivity contribution >= 4 is 52.5 Å². The number of esters is 1. The molecular weight excluding hydrogens is 391 g/mol. The molecule has 128 valence electrons. The molecule has 0 fully saturated rings. The number of aliphatic hydroxyl groups excluding tert-OH is 1. The average Bonchev–Trinajstić information content (AvgIpc) is 2.58. The second kappa shape index (κ2) is 8.97. The van der Waals surface area contributed by atoms with E-state index in [-0.39, 0.29) is 13.2 Å². The highest BCUT2D eigenvalue weighted by molar-refractivity contribution is 7.98. The van der Waals surface area contributed by atoms with E-state index in [2.05, 4.69) is 0 Å². The number of alkyl halides is 3. The van der Waals surface area contributed by atoms with Crippen LogP contribution in [0.3, 0.4) is 0 Å². The highest BCUT2D eigenvalue weighted by atomic mass is 35.6. The summed E-state index contributed by atoms with van der Waals surface area (Å²) in [7, 11) is 0. The van der Waals surface area contributed by atoms with Gasteiger partial charge in [-0.15, -0.1) is 11.8 Å². The fourth-order valence-corrected chi connectivity index (χ4v) is 2.99.